The van der Waals surface area contributed by atoms with Crippen LogP contribution in [0, 0.1) is 23.7 Å². The van der Waals surface area contributed by atoms with E-state index in [1.54, 1.807) is 0 Å². The van der Waals surface area contributed by atoms with Gasteiger partial charge in [0.15, 0.2) is 0 Å². The Morgan fingerprint density at radius 2 is 1.55 bits per heavy atom. The summed E-state index contributed by atoms with van der Waals surface area (Å²) >= 11 is 0. The Labute approximate surface area is 69.8 Å². The van der Waals surface area contributed by atoms with E-state index >= 15 is 0 Å². The lowest BCUT2D eigenvalue weighted by atomic mass is 9.70. The highest BCUT2D eigenvalue weighted by molar-refractivity contribution is 4.79. The lowest BCUT2D eigenvalue weighted by Crippen LogP contribution is -2.29. The van der Waals surface area contributed by atoms with Gasteiger partial charge in [0.2, 0.25) is 0 Å². The zero-order valence-corrected chi connectivity index (χ0v) is 7.88. The molecule has 0 heterocycles. The maximum atomic E-state index is 9.07. The van der Waals surface area contributed by atoms with Gasteiger partial charge in [-0.3, -0.25) is 0 Å². The van der Waals surface area contributed by atoms with Crippen molar-refractivity contribution in [2.24, 2.45) is 23.7 Å². The van der Waals surface area contributed by atoms with Crippen molar-refractivity contribution in [3.8, 4) is 0 Å². The van der Waals surface area contributed by atoms with Crippen LogP contribution >= 0.6 is 0 Å². The second-order valence-corrected chi connectivity index (χ2v) is 4.35. The SMILES string of the molecule is CC1CC(C)C(CO)CC1C. The normalized spacial score (nSPS) is 45.8. The van der Waals surface area contributed by atoms with Crippen LogP contribution < -0.4 is 0 Å². The summed E-state index contributed by atoms with van der Waals surface area (Å²) in [5.41, 5.74) is 0. The second-order valence-electron chi connectivity index (χ2n) is 4.35. The molecule has 1 rings (SSSR count). The van der Waals surface area contributed by atoms with Gasteiger partial charge in [0.25, 0.3) is 0 Å². The summed E-state index contributed by atoms with van der Waals surface area (Å²) in [6.45, 7) is 7.29. The van der Waals surface area contributed by atoms with Gasteiger partial charge in [0.1, 0.15) is 0 Å². The van der Waals surface area contributed by atoms with Crippen molar-refractivity contribution in [1.29, 1.82) is 0 Å². The molecular formula is C10H20O. The third-order valence-electron chi connectivity index (χ3n) is 3.43. The predicted molar refractivity (Wildman–Crippen MR) is 47.3 cm³/mol. The lowest BCUT2D eigenvalue weighted by molar-refractivity contribution is 0.0879. The van der Waals surface area contributed by atoms with Gasteiger partial charge in [0, 0.05) is 6.61 Å². The molecule has 0 radical (unpaired) electrons. The van der Waals surface area contributed by atoms with Crippen molar-refractivity contribution in [1.82, 2.24) is 0 Å². The van der Waals surface area contributed by atoms with E-state index in [1.165, 1.54) is 12.8 Å². The van der Waals surface area contributed by atoms with Crippen LogP contribution in [0.4, 0.5) is 0 Å². The van der Waals surface area contributed by atoms with Gasteiger partial charge >= 0.3 is 0 Å². The number of hydrogen-bond acceptors (Lipinski definition) is 1. The fourth-order valence-electron chi connectivity index (χ4n) is 2.21. The van der Waals surface area contributed by atoms with Gasteiger partial charge in [-0.05, 0) is 36.5 Å². The van der Waals surface area contributed by atoms with E-state index in [4.69, 9.17) is 5.11 Å². The molecule has 0 aromatic heterocycles. The average molecular weight is 156 g/mol. The van der Waals surface area contributed by atoms with Gasteiger partial charge < -0.3 is 5.11 Å². The fourth-order valence-corrected chi connectivity index (χ4v) is 2.21. The monoisotopic (exact) mass is 156 g/mol. The molecule has 4 atom stereocenters. The van der Waals surface area contributed by atoms with Crippen molar-refractivity contribution < 1.29 is 5.11 Å². The van der Waals surface area contributed by atoms with Gasteiger partial charge in [-0.15, -0.1) is 0 Å². The Morgan fingerprint density at radius 3 is 2.09 bits per heavy atom. The van der Waals surface area contributed by atoms with Gasteiger partial charge in [-0.25, -0.2) is 0 Å². The number of aliphatic hydroxyl groups excluding tert-OH is 1. The first-order valence-corrected chi connectivity index (χ1v) is 4.76. The summed E-state index contributed by atoms with van der Waals surface area (Å²) in [4.78, 5) is 0. The molecule has 1 aliphatic carbocycles. The van der Waals surface area contributed by atoms with Crippen molar-refractivity contribution >= 4 is 0 Å². The summed E-state index contributed by atoms with van der Waals surface area (Å²) < 4.78 is 0. The van der Waals surface area contributed by atoms with Crippen LogP contribution in [-0.4, -0.2) is 11.7 Å². The molecule has 0 aromatic carbocycles. The van der Waals surface area contributed by atoms with Gasteiger partial charge in [-0.2, -0.15) is 0 Å². The number of hydrogen-bond donors (Lipinski definition) is 1. The van der Waals surface area contributed by atoms with E-state index in [2.05, 4.69) is 20.8 Å². The molecular weight excluding hydrogens is 136 g/mol. The third kappa shape index (κ3) is 1.96. The van der Waals surface area contributed by atoms with E-state index in [-0.39, 0.29) is 0 Å². The maximum absolute atomic E-state index is 9.07. The second kappa shape index (κ2) is 3.57. The van der Waals surface area contributed by atoms with Crippen LogP contribution in [0.3, 0.4) is 0 Å². The van der Waals surface area contributed by atoms with Crippen LogP contribution in [-0.2, 0) is 0 Å². The van der Waals surface area contributed by atoms with Crippen LogP contribution in [0.15, 0.2) is 0 Å². The summed E-state index contributed by atoms with van der Waals surface area (Å²) in [6.07, 6.45) is 2.52. The van der Waals surface area contributed by atoms with Crippen LogP contribution in [0.2, 0.25) is 0 Å². The Balaban J connectivity index is 2.48. The summed E-state index contributed by atoms with van der Waals surface area (Å²) in [7, 11) is 0. The van der Waals surface area contributed by atoms with Gasteiger partial charge in [-0.1, -0.05) is 20.8 Å². The van der Waals surface area contributed by atoms with Crippen molar-refractivity contribution in [3.63, 3.8) is 0 Å². The summed E-state index contributed by atoms with van der Waals surface area (Å²) in [5.74, 6) is 2.96. The van der Waals surface area contributed by atoms with E-state index in [0.717, 1.165) is 17.8 Å². The van der Waals surface area contributed by atoms with Crippen molar-refractivity contribution in [2.75, 3.05) is 6.61 Å². The zero-order chi connectivity index (χ0) is 8.43. The van der Waals surface area contributed by atoms with Gasteiger partial charge in [0.05, 0.1) is 0 Å². The quantitative estimate of drug-likeness (QED) is 0.617. The van der Waals surface area contributed by atoms with E-state index in [0.29, 0.717) is 12.5 Å². The Morgan fingerprint density at radius 1 is 1.00 bits per heavy atom. The highest BCUT2D eigenvalue weighted by atomic mass is 16.3. The molecule has 0 aromatic rings. The molecule has 1 aliphatic rings. The molecule has 0 bridgehead atoms. The maximum Gasteiger partial charge on any atom is 0.0461 e. The lowest BCUT2D eigenvalue weighted by Gasteiger charge is -2.36. The highest BCUT2D eigenvalue weighted by Gasteiger charge is 2.29. The Kier molecular flexibility index (Phi) is 2.94. The summed E-state index contributed by atoms with van der Waals surface area (Å²) in [6, 6.07) is 0. The van der Waals surface area contributed by atoms with Crippen LogP contribution in [0.5, 0.6) is 0 Å². The van der Waals surface area contributed by atoms with Crippen molar-refractivity contribution in [3.05, 3.63) is 0 Å². The summed E-state index contributed by atoms with van der Waals surface area (Å²) in [5, 5.41) is 9.07. The molecule has 1 fully saturated rings. The molecule has 1 saturated carbocycles. The molecule has 0 spiro atoms. The standard InChI is InChI=1S/C10H20O/c1-7-4-9(3)10(6-11)5-8(7)2/h7-11H,4-6H2,1-3H3. The Bertz CT molecular complexity index is 122. The molecule has 0 amide bonds. The number of aliphatic hydroxyl groups is 1. The topological polar surface area (TPSA) is 20.2 Å². The van der Waals surface area contributed by atoms with Crippen molar-refractivity contribution in [2.45, 2.75) is 33.6 Å². The first kappa shape index (κ1) is 9.05. The van der Waals surface area contributed by atoms with Crippen LogP contribution in [0.25, 0.3) is 0 Å². The molecule has 1 nitrogen and oxygen atoms in total. The molecule has 4 unspecified atom stereocenters. The zero-order valence-electron chi connectivity index (χ0n) is 7.88. The Hall–Kier alpha value is -0.0400. The van der Waals surface area contributed by atoms with Crippen LogP contribution in [0.1, 0.15) is 33.6 Å². The molecule has 1 heteroatoms. The molecule has 11 heavy (non-hydrogen) atoms. The predicted octanol–water partition coefficient (Wildman–Crippen LogP) is 2.30. The molecule has 0 aliphatic heterocycles. The van der Waals surface area contributed by atoms with E-state index in [9.17, 15) is 0 Å². The molecule has 66 valence electrons. The first-order valence-electron chi connectivity index (χ1n) is 4.76. The first-order chi connectivity index (χ1) is 5.15. The van der Waals surface area contributed by atoms with E-state index in [1.807, 2.05) is 0 Å². The minimum atomic E-state index is 0.387. The minimum absolute atomic E-state index is 0.387. The average Bonchev–Trinajstić information content (AvgIpc) is 1.97. The molecule has 0 saturated heterocycles. The smallest absolute Gasteiger partial charge is 0.0461 e. The number of rotatable bonds is 1. The minimum Gasteiger partial charge on any atom is -0.396 e. The van der Waals surface area contributed by atoms with E-state index < -0.39 is 0 Å². The largest absolute Gasteiger partial charge is 0.396 e. The molecule has 1 N–H and O–H groups in total. The fraction of sp³-hybridized carbons (Fsp3) is 1.00. The third-order valence-corrected chi connectivity index (χ3v) is 3.43. The highest BCUT2D eigenvalue weighted by Crippen LogP contribution is 2.36.